The summed E-state index contributed by atoms with van der Waals surface area (Å²) in [7, 11) is 0. The Morgan fingerprint density at radius 1 is 1.15 bits per heavy atom. The van der Waals surface area contributed by atoms with E-state index in [0.717, 1.165) is 53.2 Å². The fourth-order valence-corrected chi connectivity index (χ4v) is 3.64. The second-order valence-corrected chi connectivity index (χ2v) is 6.76. The van der Waals surface area contributed by atoms with Gasteiger partial charge in [-0.3, -0.25) is 9.59 Å². The number of carbonyl (C=O) groups excluding carboxylic acids is 2. The molecule has 1 fully saturated rings. The highest BCUT2D eigenvalue weighted by molar-refractivity contribution is 6.08. The summed E-state index contributed by atoms with van der Waals surface area (Å²) < 4.78 is 11.0. The van der Waals surface area contributed by atoms with E-state index >= 15 is 0 Å². The zero-order chi connectivity index (χ0) is 18.1. The molecule has 134 valence electrons. The third-order valence-electron chi connectivity index (χ3n) is 4.95. The standard InChI is InChI=1S/C21H21NO4/c1-14(21(24)22-10-4-5-11-22)26-19(23)12-16-13-25-18-9-8-15-6-2-3-7-17(15)20(16)18/h2-3,6-9,13-14H,4-5,10-12H2,1H3. The molecule has 5 heteroatoms. The second-order valence-electron chi connectivity index (χ2n) is 6.76. The average molecular weight is 351 g/mol. The molecule has 26 heavy (non-hydrogen) atoms. The predicted octanol–water partition coefficient (Wildman–Crippen LogP) is 3.68. The number of rotatable bonds is 4. The number of ether oxygens (including phenoxy) is 1. The number of hydrogen-bond donors (Lipinski definition) is 0. The number of amides is 1. The van der Waals surface area contributed by atoms with E-state index in [1.165, 1.54) is 0 Å². The van der Waals surface area contributed by atoms with Crippen LogP contribution in [-0.2, 0) is 20.7 Å². The molecule has 1 aromatic heterocycles. The van der Waals surface area contributed by atoms with Gasteiger partial charge < -0.3 is 14.1 Å². The third kappa shape index (κ3) is 3.05. The van der Waals surface area contributed by atoms with Gasteiger partial charge in [0.15, 0.2) is 6.10 Å². The van der Waals surface area contributed by atoms with Crippen molar-refractivity contribution in [3.63, 3.8) is 0 Å². The van der Waals surface area contributed by atoms with Gasteiger partial charge in [0.25, 0.3) is 5.91 Å². The lowest BCUT2D eigenvalue weighted by molar-refractivity contribution is -0.158. The van der Waals surface area contributed by atoms with Gasteiger partial charge in [-0.25, -0.2) is 0 Å². The molecular weight excluding hydrogens is 330 g/mol. The minimum Gasteiger partial charge on any atom is -0.464 e. The van der Waals surface area contributed by atoms with Gasteiger partial charge in [-0.15, -0.1) is 0 Å². The van der Waals surface area contributed by atoms with E-state index in [-0.39, 0.29) is 12.3 Å². The van der Waals surface area contributed by atoms with Gasteiger partial charge in [0.1, 0.15) is 5.58 Å². The summed E-state index contributed by atoms with van der Waals surface area (Å²) in [5.74, 6) is -0.529. The molecule has 1 saturated heterocycles. The number of likely N-dealkylation sites (tertiary alicyclic amines) is 1. The Morgan fingerprint density at radius 3 is 2.73 bits per heavy atom. The Labute approximate surface area is 151 Å². The average Bonchev–Trinajstić information content (AvgIpc) is 3.31. The van der Waals surface area contributed by atoms with E-state index in [0.29, 0.717) is 0 Å². The molecule has 0 saturated carbocycles. The van der Waals surface area contributed by atoms with Crippen LogP contribution in [0.5, 0.6) is 0 Å². The van der Waals surface area contributed by atoms with Crippen LogP contribution in [0.25, 0.3) is 21.7 Å². The van der Waals surface area contributed by atoms with Gasteiger partial charge >= 0.3 is 5.97 Å². The molecule has 4 rings (SSSR count). The van der Waals surface area contributed by atoms with E-state index in [9.17, 15) is 9.59 Å². The maximum Gasteiger partial charge on any atom is 0.311 e. The van der Waals surface area contributed by atoms with E-state index in [1.807, 2.05) is 36.4 Å². The molecule has 2 aromatic carbocycles. The number of fused-ring (bicyclic) bond motifs is 3. The zero-order valence-corrected chi connectivity index (χ0v) is 14.7. The third-order valence-corrected chi connectivity index (χ3v) is 4.95. The summed E-state index contributed by atoms with van der Waals surface area (Å²) in [6.07, 6.45) is 2.96. The molecule has 0 bridgehead atoms. The first-order valence-electron chi connectivity index (χ1n) is 8.99. The number of furan rings is 1. The largest absolute Gasteiger partial charge is 0.464 e. The molecule has 1 aliphatic heterocycles. The SMILES string of the molecule is CC(OC(=O)Cc1coc2ccc3ccccc3c12)C(=O)N1CCCC1. The van der Waals surface area contributed by atoms with Crippen molar-refractivity contribution < 1.29 is 18.7 Å². The topological polar surface area (TPSA) is 59.8 Å². The highest BCUT2D eigenvalue weighted by Gasteiger charge is 2.26. The van der Waals surface area contributed by atoms with Crippen LogP contribution in [0.1, 0.15) is 25.3 Å². The van der Waals surface area contributed by atoms with E-state index in [1.54, 1.807) is 18.1 Å². The van der Waals surface area contributed by atoms with Crippen LogP contribution >= 0.6 is 0 Å². The first-order valence-corrected chi connectivity index (χ1v) is 8.99. The smallest absolute Gasteiger partial charge is 0.311 e. The molecule has 1 atom stereocenters. The molecule has 0 aliphatic carbocycles. The Balaban J connectivity index is 1.52. The highest BCUT2D eigenvalue weighted by atomic mass is 16.5. The maximum absolute atomic E-state index is 12.4. The van der Waals surface area contributed by atoms with Crippen molar-refractivity contribution in [2.24, 2.45) is 0 Å². The van der Waals surface area contributed by atoms with Crippen molar-refractivity contribution in [1.29, 1.82) is 0 Å². The number of nitrogens with zero attached hydrogens (tertiary/aromatic N) is 1. The lowest BCUT2D eigenvalue weighted by Crippen LogP contribution is -2.38. The van der Waals surface area contributed by atoms with Gasteiger partial charge in [0.05, 0.1) is 12.7 Å². The minimum absolute atomic E-state index is 0.0820. The van der Waals surface area contributed by atoms with Crippen LogP contribution in [0.4, 0.5) is 0 Å². The molecule has 2 heterocycles. The molecule has 0 spiro atoms. The summed E-state index contributed by atoms with van der Waals surface area (Å²) >= 11 is 0. The van der Waals surface area contributed by atoms with Gasteiger partial charge in [-0.05, 0) is 36.6 Å². The molecule has 1 aliphatic rings. The van der Waals surface area contributed by atoms with Crippen LogP contribution in [0, 0.1) is 0 Å². The predicted molar refractivity (Wildman–Crippen MR) is 98.8 cm³/mol. The fraction of sp³-hybridized carbons (Fsp3) is 0.333. The van der Waals surface area contributed by atoms with Gasteiger partial charge in [-0.2, -0.15) is 0 Å². The Morgan fingerprint density at radius 2 is 1.92 bits per heavy atom. The van der Waals surface area contributed by atoms with E-state index in [4.69, 9.17) is 9.15 Å². The summed E-state index contributed by atoms with van der Waals surface area (Å²) in [4.78, 5) is 26.4. The van der Waals surface area contributed by atoms with Crippen molar-refractivity contribution >= 4 is 33.6 Å². The number of esters is 1. The van der Waals surface area contributed by atoms with Crippen LogP contribution in [0.2, 0.25) is 0 Å². The lowest BCUT2D eigenvalue weighted by atomic mass is 10.0. The zero-order valence-electron chi connectivity index (χ0n) is 14.7. The Hall–Kier alpha value is -2.82. The molecule has 0 radical (unpaired) electrons. The van der Waals surface area contributed by atoms with E-state index in [2.05, 4.69) is 0 Å². The second kappa shape index (κ2) is 6.83. The van der Waals surface area contributed by atoms with Crippen LogP contribution in [0.3, 0.4) is 0 Å². The Kier molecular flexibility index (Phi) is 4.37. The molecule has 3 aromatic rings. The summed E-state index contributed by atoms with van der Waals surface area (Å²) in [5.41, 5.74) is 1.52. The highest BCUT2D eigenvalue weighted by Crippen LogP contribution is 2.30. The molecule has 1 amide bonds. The van der Waals surface area contributed by atoms with Crippen molar-refractivity contribution in [3.05, 3.63) is 48.2 Å². The first kappa shape index (κ1) is 16.6. The van der Waals surface area contributed by atoms with Gasteiger partial charge in [0.2, 0.25) is 0 Å². The normalized spacial score (nSPS) is 15.5. The monoisotopic (exact) mass is 351 g/mol. The first-order chi connectivity index (χ1) is 12.6. The summed E-state index contributed by atoms with van der Waals surface area (Å²) in [5, 5.41) is 3.06. The van der Waals surface area contributed by atoms with Crippen LogP contribution in [-0.4, -0.2) is 36.0 Å². The van der Waals surface area contributed by atoms with Crippen molar-refractivity contribution in [2.75, 3.05) is 13.1 Å². The minimum atomic E-state index is -0.754. The molecule has 5 nitrogen and oxygen atoms in total. The summed E-state index contributed by atoms with van der Waals surface area (Å²) in [6.45, 7) is 3.14. The fourth-order valence-electron chi connectivity index (χ4n) is 3.64. The number of hydrogen-bond acceptors (Lipinski definition) is 4. The molecule has 1 unspecified atom stereocenters. The van der Waals surface area contributed by atoms with Crippen molar-refractivity contribution in [3.8, 4) is 0 Å². The van der Waals surface area contributed by atoms with Crippen molar-refractivity contribution in [2.45, 2.75) is 32.3 Å². The van der Waals surface area contributed by atoms with Crippen LogP contribution < -0.4 is 0 Å². The quantitative estimate of drug-likeness (QED) is 0.673. The number of benzene rings is 2. The molecular formula is C21H21NO4. The van der Waals surface area contributed by atoms with Gasteiger partial charge in [0, 0.05) is 24.0 Å². The summed E-state index contributed by atoms with van der Waals surface area (Å²) in [6, 6.07) is 11.9. The lowest BCUT2D eigenvalue weighted by Gasteiger charge is -2.20. The Bertz CT molecular complexity index is 968. The van der Waals surface area contributed by atoms with E-state index < -0.39 is 12.1 Å². The number of carbonyl (C=O) groups is 2. The van der Waals surface area contributed by atoms with Crippen LogP contribution in [0.15, 0.2) is 47.1 Å². The van der Waals surface area contributed by atoms with Gasteiger partial charge in [-0.1, -0.05) is 30.3 Å². The molecule has 0 N–H and O–H groups in total. The van der Waals surface area contributed by atoms with Crippen molar-refractivity contribution in [1.82, 2.24) is 4.90 Å². The maximum atomic E-state index is 12.4.